The fourth-order valence-corrected chi connectivity index (χ4v) is 2.39. The van der Waals surface area contributed by atoms with Crippen molar-refractivity contribution < 1.29 is 9.53 Å². The second-order valence-corrected chi connectivity index (χ2v) is 5.49. The van der Waals surface area contributed by atoms with Gasteiger partial charge in [-0.05, 0) is 36.2 Å². The summed E-state index contributed by atoms with van der Waals surface area (Å²) in [6.07, 6.45) is 1.29. The quantitative estimate of drug-likeness (QED) is 0.762. The zero-order chi connectivity index (χ0) is 16.5. The van der Waals surface area contributed by atoms with Gasteiger partial charge >= 0.3 is 0 Å². The molecule has 4 nitrogen and oxygen atoms in total. The van der Waals surface area contributed by atoms with E-state index in [1.54, 1.807) is 7.11 Å². The standard InChI is InChI=1S/C19H24N2O2/c1-21(17-9-4-3-5-10-17)13-7-12-20-19(22)15-16-8-6-11-18(14-16)23-2/h3-6,8-11,14H,7,12-13,15H2,1-2H3,(H,20,22). The minimum Gasteiger partial charge on any atom is -0.497 e. The van der Waals surface area contributed by atoms with Gasteiger partial charge in [0.25, 0.3) is 0 Å². The van der Waals surface area contributed by atoms with E-state index in [1.807, 2.05) is 42.5 Å². The fourth-order valence-electron chi connectivity index (χ4n) is 2.39. The third kappa shape index (κ3) is 5.66. The van der Waals surface area contributed by atoms with E-state index in [4.69, 9.17) is 4.74 Å². The second-order valence-electron chi connectivity index (χ2n) is 5.49. The zero-order valence-electron chi connectivity index (χ0n) is 13.8. The molecule has 122 valence electrons. The SMILES string of the molecule is COc1cccc(CC(=O)NCCCN(C)c2ccccc2)c1. The first-order valence-electron chi connectivity index (χ1n) is 7.85. The number of amides is 1. The normalized spacial score (nSPS) is 10.2. The highest BCUT2D eigenvalue weighted by Crippen LogP contribution is 2.13. The lowest BCUT2D eigenvalue weighted by Gasteiger charge is -2.19. The molecule has 0 aliphatic carbocycles. The molecule has 0 aromatic heterocycles. The van der Waals surface area contributed by atoms with Crippen LogP contribution in [0.1, 0.15) is 12.0 Å². The molecule has 0 fully saturated rings. The Balaban J connectivity index is 1.68. The van der Waals surface area contributed by atoms with Gasteiger partial charge in [0, 0.05) is 25.8 Å². The Hall–Kier alpha value is -2.49. The van der Waals surface area contributed by atoms with Crippen molar-refractivity contribution in [1.82, 2.24) is 5.32 Å². The number of anilines is 1. The maximum atomic E-state index is 12.0. The van der Waals surface area contributed by atoms with Gasteiger partial charge in [0.05, 0.1) is 13.5 Å². The van der Waals surface area contributed by atoms with Crippen LogP contribution < -0.4 is 15.0 Å². The molecule has 2 aromatic carbocycles. The number of methoxy groups -OCH3 is 1. The number of benzene rings is 2. The smallest absolute Gasteiger partial charge is 0.224 e. The number of ether oxygens (including phenoxy) is 1. The van der Waals surface area contributed by atoms with Crippen molar-refractivity contribution in [2.45, 2.75) is 12.8 Å². The van der Waals surface area contributed by atoms with Gasteiger partial charge in [-0.1, -0.05) is 30.3 Å². The lowest BCUT2D eigenvalue weighted by Crippen LogP contribution is -2.29. The fraction of sp³-hybridized carbons (Fsp3) is 0.316. The van der Waals surface area contributed by atoms with Gasteiger partial charge in [0.15, 0.2) is 0 Å². The van der Waals surface area contributed by atoms with Gasteiger partial charge in [-0.25, -0.2) is 0 Å². The van der Waals surface area contributed by atoms with Crippen LogP contribution in [-0.2, 0) is 11.2 Å². The average molecular weight is 312 g/mol. The van der Waals surface area contributed by atoms with Crippen molar-refractivity contribution in [3.05, 3.63) is 60.2 Å². The summed E-state index contributed by atoms with van der Waals surface area (Å²) < 4.78 is 5.17. The van der Waals surface area contributed by atoms with E-state index in [0.717, 1.165) is 24.3 Å². The van der Waals surface area contributed by atoms with Crippen LogP contribution in [0.4, 0.5) is 5.69 Å². The zero-order valence-corrected chi connectivity index (χ0v) is 13.8. The molecule has 1 amide bonds. The van der Waals surface area contributed by atoms with E-state index >= 15 is 0 Å². The Morgan fingerprint density at radius 3 is 2.65 bits per heavy atom. The molecule has 4 heteroatoms. The summed E-state index contributed by atoms with van der Waals surface area (Å²) in [4.78, 5) is 14.1. The summed E-state index contributed by atoms with van der Waals surface area (Å²) in [6, 6.07) is 17.8. The molecule has 0 atom stereocenters. The number of hydrogen-bond donors (Lipinski definition) is 1. The van der Waals surface area contributed by atoms with E-state index in [-0.39, 0.29) is 5.91 Å². The summed E-state index contributed by atoms with van der Waals surface area (Å²) in [5, 5.41) is 2.97. The molecule has 1 N–H and O–H groups in total. The molecule has 0 unspecified atom stereocenters. The first-order valence-corrected chi connectivity index (χ1v) is 7.85. The summed E-state index contributed by atoms with van der Waals surface area (Å²) in [5.41, 5.74) is 2.15. The molecule has 2 rings (SSSR count). The minimum absolute atomic E-state index is 0.0422. The molecule has 0 aliphatic heterocycles. The third-order valence-corrected chi connectivity index (χ3v) is 3.69. The third-order valence-electron chi connectivity index (χ3n) is 3.69. The van der Waals surface area contributed by atoms with Gasteiger partial charge in [-0.3, -0.25) is 4.79 Å². The Labute approximate surface area is 138 Å². The molecule has 0 saturated carbocycles. The Bertz CT molecular complexity index is 614. The highest BCUT2D eigenvalue weighted by atomic mass is 16.5. The lowest BCUT2D eigenvalue weighted by molar-refractivity contribution is -0.120. The average Bonchev–Trinajstić information content (AvgIpc) is 2.59. The van der Waals surface area contributed by atoms with Gasteiger partial charge in [0.2, 0.25) is 5.91 Å². The molecular formula is C19H24N2O2. The van der Waals surface area contributed by atoms with E-state index in [2.05, 4.69) is 29.4 Å². The van der Waals surface area contributed by atoms with Crippen molar-refractivity contribution >= 4 is 11.6 Å². The molecule has 2 aromatic rings. The molecule has 0 radical (unpaired) electrons. The van der Waals surface area contributed by atoms with Gasteiger partial charge in [-0.2, -0.15) is 0 Å². The van der Waals surface area contributed by atoms with Crippen LogP contribution in [-0.4, -0.2) is 33.2 Å². The van der Waals surface area contributed by atoms with Crippen molar-refractivity contribution in [3.63, 3.8) is 0 Å². The maximum absolute atomic E-state index is 12.0. The maximum Gasteiger partial charge on any atom is 0.224 e. The van der Waals surface area contributed by atoms with Crippen LogP contribution in [0, 0.1) is 0 Å². The molecule has 0 heterocycles. The van der Waals surface area contributed by atoms with Gasteiger partial charge in [0.1, 0.15) is 5.75 Å². The van der Waals surface area contributed by atoms with Crippen LogP contribution in [0.3, 0.4) is 0 Å². The van der Waals surface area contributed by atoms with E-state index in [9.17, 15) is 4.79 Å². The van der Waals surface area contributed by atoms with Crippen LogP contribution in [0.15, 0.2) is 54.6 Å². The van der Waals surface area contributed by atoms with Crippen molar-refractivity contribution in [1.29, 1.82) is 0 Å². The number of carbonyl (C=O) groups is 1. The Kier molecular flexibility index (Phi) is 6.48. The highest BCUT2D eigenvalue weighted by Gasteiger charge is 2.05. The summed E-state index contributed by atoms with van der Waals surface area (Å²) in [5.74, 6) is 0.820. The molecule has 0 spiro atoms. The van der Waals surface area contributed by atoms with Gasteiger partial charge in [-0.15, -0.1) is 0 Å². The van der Waals surface area contributed by atoms with Crippen molar-refractivity contribution in [2.75, 3.05) is 32.1 Å². The van der Waals surface area contributed by atoms with Crippen molar-refractivity contribution in [2.24, 2.45) is 0 Å². The number of rotatable bonds is 8. The molecule has 0 bridgehead atoms. The molecular weight excluding hydrogens is 288 g/mol. The minimum atomic E-state index is 0.0422. The first kappa shape index (κ1) is 16.9. The van der Waals surface area contributed by atoms with E-state index < -0.39 is 0 Å². The predicted molar refractivity (Wildman–Crippen MR) is 94.0 cm³/mol. The second kappa shape index (κ2) is 8.83. The summed E-state index contributed by atoms with van der Waals surface area (Å²) >= 11 is 0. The van der Waals surface area contributed by atoms with E-state index in [0.29, 0.717) is 13.0 Å². The number of carbonyl (C=O) groups excluding carboxylic acids is 1. The molecule has 0 saturated heterocycles. The predicted octanol–water partition coefficient (Wildman–Crippen LogP) is 2.88. The van der Waals surface area contributed by atoms with E-state index in [1.165, 1.54) is 5.69 Å². The van der Waals surface area contributed by atoms with Crippen LogP contribution >= 0.6 is 0 Å². The number of nitrogens with one attached hydrogen (secondary N) is 1. The van der Waals surface area contributed by atoms with Crippen molar-refractivity contribution in [3.8, 4) is 5.75 Å². The first-order chi connectivity index (χ1) is 11.2. The Morgan fingerprint density at radius 1 is 1.13 bits per heavy atom. The largest absolute Gasteiger partial charge is 0.497 e. The number of nitrogens with zero attached hydrogens (tertiary/aromatic N) is 1. The number of para-hydroxylation sites is 1. The lowest BCUT2D eigenvalue weighted by atomic mass is 10.1. The summed E-state index contributed by atoms with van der Waals surface area (Å²) in [6.45, 7) is 1.59. The Morgan fingerprint density at radius 2 is 1.91 bits per heavy atom. The van der Waals surface area contributed by atoms with Crippen LogP contribution in [0.25, 0.3) is 0 Å². The number of hydrogen-bond acceptors (Lipinski definition) is 3. The molecule has 23 heavy (non-hydrogen) atoms. The van der Waals surface area contributed by atoms with Crippen LogP contribution in [0.5, 0.6) is 5.75 Å². The van der Waals surface area contributed by atoms with Gasteiger partial charge < -0.3 is 15.0 Å². The molecule has 0 aliphatic rings. The highest BCUT2D eigenvalue weighted by molar-refractivity contribution is 5.78. The summed E-state index contributed by atoms with van der Waals surface area (Å²) in [7, 11) is 3.69. The topological polar surface area (TPSA) is 41.6 Å². The monoisotopic (exact) mass is 312 g/mol. The van der Waals surface area contributed by atoms with Crippen LogP contribution in [0.2, 0.25) is 0 Å².